The molecule has 0 amide bonds. The fraction of sp³-hybridized carbons (Fsp3) is 0.171. The van der Waals surface area contributed by atoms with Crippen molar-refractivity contribution in [3.8, 4) is 17.6 Å². The molecule has 0 spiro atoms. The van der Waals surface area contributed by atoms with Gasteiger partial charge in [0.1, 0.15) is 36.2 Å². The molecule has 0 fully saturated rings. The Kier molecular flexibility index (Phi) is 9.11. The summed E-state index contributed by atoms with van der Waals surface area (Å²) in [7, 11) is 0. The zero-order valence-corrected chi connectivity index (χ0v) is 25.1. The fourth-order valence-electron chi connectivity index (χ4n) is 5.12. The van der Waals surface area contributed by atoms with Crippen LogP contribution in [0.4, 0.5) is 17.6 Å². The van der Waals surface area contributed by atoms with Crippen LogP contribution in [0.25, 0.3) is 0 Å². The molecule has 13 heteroatoms. The molecule has 6 rings (SSSR count). The highest BCUT2D eigenvalue weighted by molar-refractivity contribution is 5.46. The average molecular weight is 656 g/mol. The second kappa shape index (κ2) is 13.6. The number of β-amino-alcohol motifs (C(OH)–C–C–N with tert-alkyl or cyclic N) is 1. The van der Waals surface area contributed by atoms with Crippen molar-refractivity contribution in [1.82, 2.24) is 14.8 Å². The van der Waals surface area contributed by atoms with Crippen LogP contribution in [0.15, 0.2) is 114 Å². The number of aromatic nitrogens is 3. The number of halogens is 4. The van der Waals surface area contributed by atoms with Crippen molar-refractivity contribution in [2.75, 3.05) is 13.2 Å². The van der Waals surface area contributed by atoms with Crippen LogP contribution >= 0.6 is 0 Å². The second-order valence-electron chi connectivity index (χ2n) is 10.9. The number of hydrogen-bond acceptors (Lipinski definition) is 7. The third kappa shape index (κ3) is 6.71. The van der Waals surface area contributed by atoms with E-state index in [-0.39, 0.29) is 12.6 Å². The molecule has 48 heavy (non-hydrogen) atoms. The van der Waals surface area contributed by atoms with Crippen LogP contribution in [0, 0.1) is 23.5 Å². The lowest BCUT2D eigenvalue weighted by Gasteiger charge is -2.35. The van der Waals surface area contributed by atoms with Crippen LogP contribution in [0.2, 0.25) is 0 Å². The first-order valence-electron chi connectivity index (χ1n) is 14.6. The zero-order valence-electron chi connectivity index (χ0n) is 25.1. The van der Waals surface area contributed by atoms with Gasteiger partial charge < -0.3 is 14.9 Å². The number of pyridine rings is 1. The summed E-state index contributed by atoms with van der Waals surface area (Å²) >= 11 is 0. The third-order valence-electron chi connectivity index (χ3n) is 7.69. The van der Waals surface area contributed by atoms with Crippen LogP contribution in [0.3, 0.4) is 0 Å². The van der Waals surface area contributed by atoms with Gasteiger partial charge in [-0.2, -0.15) is 13.9 Å². The maximum absolute atomic E-state index is 15.9. The van der Waals surface area contributed by atoms with E-state index in [1.807, 2.05) is 24.3 Å². The van der Waals surface area contributed by atoms with Crippen LogP contribution in [0.1, 0.15) is 39.6 Å². The van der Waals surface area contributed by atoms with E-state index in [2.05, 4.69) is 32.2 Å². The molecule has 2 aromatic heterocycles. The van der Waals surface area contributed by atoms with Gasteiger partial charge in [-0.3, -0.25) is 9.67 Å². The fourth-order valence-corrected chi connectivity index (χ4v) is 5.12. The summed E-state index contributed by atoms with van der Waals surface area (Å²) in [4.78, 5) is 3.83. The van der Waals surface area contributed by atoms with Crippen LogP contribution in [-0.4, -0.2) is 49.2 Å². The second-order valence-corrected chi connectivity index (χ2v) is 10.9. The van der Waals surface area contributed by atoms with Gasteiger partial charge in [-0.25, -0.2) is 8.78 Å². The van der Waals surface area contributed by atoms with Gasteiger partial charge in [0.2, 0.25) is 0 Å². The van der Waals surface area contributed by atoms with Gasteiger partial charge in [-0.05, 0) is 65.7 Å². The lowest BCUT2D eigenvalue weighted by Crippen LogP contribution is -2.50. The van der Waals surface area contributed by atoms with Gasteiger partial charge in [0.25, 0.3) is 6.34 Å². The minimum Gasteiger partial charge on any atom is -0.489 e. The summed E-state index contributed by atoms with van der Waals surface area (Å²) in [5.74, 6) is -0.0652. The van der Waals surface area contributed by atoms with Gasteiger partial charge in [0, 0.05) is 46.4 Å². The van der Waals surface area contributed by atoms with Gasteiger partial charge in [-0.1, -0.05) is 36.1 Å². The van der Waals surface area contributed by atoms with Crippen molar-refractivity contribution in [3.63, 3.8) is 0 Å². The molecular formula is C35H27F4N6O3+. The molecule has 3 aromatic carbocycles. The number of aliphatic hydroxyl groups is 2. The summed E-state index contributed by atoms with van der Waals surface area (Å²) < 4.78 is 68.5. The van der Waals surface area contributed by atoms with E-state index in [0.29, 0.717) is 29.5 Å². The summed E-state index contributed by atoms with van der Waals surface area (Å²) in [5.41, 5.74) is -2.09. The average Bonchev–Trinajstić information content (AvgIpc) is 3.60. The van der Waals surface area contributed by atoms with E-state index >= 15 is 8.78 Å². The Morgan fingerprint density at radius 3 is 2.35 bits per heavy atom. The SMILES string of the molecule is OCC(c1cccc(COc2ccc(C#Cc3ccc(C(F)(F)C(O)(C[N+]4=NN=C4)c4ccc(F)cc4F)nc3)cc2)c1)n1cccn1. The van der Waals surface area contributed by atoms with E-state index in [4.69, 9.17) is 4.74 Å². The molecular weight excluding hydrogens is 628 g/mol. The smallest absolute Gasteiger partial charge is 0.325 e. The molecule has 0 bridgehead atoms. The van der Waals surface area contributed by atoms with Crippen molar-refractivity contribution < 1.29 is 37.2 Å². The highest BCUT2D eigenvalue weighted by atomic mass is 19.3. The third-order valence-corrected chi connectivity index (χ3v) is 7.69. The zero-order chi connectivity index (χ0) is 33.7. The minimum atomic E-state index is -4.13. The van der Waals surface area contributed by atoms with Gasteiger partial charge in [0.15, 0.2) is 5.60 Å². The Bertz CT molecular complexity index is 2020. The van der Waals surface area contributed by atoms with E-state index in [1.54, 1.807) is 47.4 Å². The minimum absolute atomic E-state index is 0.102. The molecule has 0 aliphatic carbocycles. The summed E-state index contributed by atoms with van der Waals surface area (Å²) in [6.45, 7) is -0.672. The van der Waals surface area contributed by atoms with Crippen molar-refractivity contribution in [3.05, 3.63) is 149 Å². The largest absolute Gasteiger partial charge is 0.489 e. The van der Waals surface area contributed by atoms with Gasteiger partial charge >= 0.3 is 5.92 Å². The maximum atomic E-state index is 15.9. The summed E-state index contributed by atoms with van der Waals surface area (Å²) in [5, 5.41) is 32.3. The molecule has 0 saturated carbocycles. The highest BCUT2D eigenvalue weighted by Gasteiger charge is 2.59. The number of nitrogens with zero attached hydrogens (tertiary/aromatic N) is 6. The monoisotopic (exact) mass is 655 g/mol. The molecule has 0 radical (unpaired) electrons. The Labute approximate surface area is 272 Å². The molecule has 1 aliphatic rings. The molecule has 0 saturated heterocycles. The Hall–Kier alpha value is -5.71. The molecule has 2 unspecified atom stereocenters. The van der Waals surface area contributed by atoms with Crippen molar-refractivity contribution in [2.45, 2.75) is 24.2 Å². The first-order valence-corrected chi connectivity index (χ1v) is 14.6. The Morgan fingerprint density at radius 2 is 1.71 bits per heavy atom. The molecule has 1 aliphatic heterocycles. The van der Waals surface area contributed by atoms with Crippen molar-refractivity contribution >= 4 is 6.34 Å². The topological polar surface area (TPSA) is 108 Å². The Morgan fingerprint density at radius 1 is 0.938 bits per heavy atom. The Balaban J connectivity index is 1.12. The van der Waals surface area contributed by atoms with Crippen LogP contribution in [0.5, 0.6) is 5.75 Å². The number of rotatable bonds is 11. The molecule has 3 heterocycles. The molecule has 5 aromatic rings. The molecule has 242 valence electrons. The summed E-state index contributed by atoms with van der Waals surface area (Å²) in [6.07, 6.45) is 5.66. The highest BCUT2D eigenvalue weighted by Crippen LogP contribution is 2.46. The van der Waals surface area contributed by atoms with Crippen LogP contribution < -0.4 is 4.74 Å². The number of benzene rings is 3. The van der Waals surface area contributed by atoms with Gasteiger partial charge in [-0.15, -0.1) is 4.70 Å². The number of aliphatic hydroxyl groups excluding tert-OH is 1. The predicted octanol–water partition coefficient (Wildman–Crippen LogP) is 5.52. The lowest BCUT2D eigenvalue weighted by molar-refractivity contribution is -0.527. The van der Waals surface area contributed by atoms with E-state index in [0.717, 1.165) is 46.6 Å². The number of alkyl halides is 2. The van der Waals surface area contributed by atoms with E-state index < -0.39 is 41.0 Å². The molecule has 9 nitrogen and oxygen atoms in total. The lowest BCUT2D eigenvalue weighted by atomic mass is 9.84. The summed E-state index contributed by atoms with van der Waals surface area (Å²) in [6, 6.07) is 20.4. The maximum Gasteiger partial charge on any atom is 0.325 e. The quantitative estimate of drug-likeness (QED) is 0.111. The van der Waals surface area contributed by atoms with E-state index in [9.17, 15) is 19.0 Å². The van der Waals surface area contributed by atoms with Crippen LogP contribution in [-0.2, 0) is 18.1 Å². The molecule has 2 N–H and O–H groups in total. The standard InChI is InChI=1S/C35H27F4N6O3/c36-28-10-13-30(31(37)18-28)34(47,22-44-23-41-43-44)35(38,39)33-14-9-25(19-40-33)6-5-24-7-11-29(12-8-24)48-21-26-3-1-4-27(17-26)32(20-46)45-16-2-15-42-45/h1-4,7-19,23,32,46-47H,20-22H2/q+1. The first-order chi connectivity index (χ1) is 23.2. The number of ether oxygens (including phenoxy) is 1. The first kappa shape index (κ1) is 32.2. The number of hydrogen-bond donors (Lipinski definition) is 2. The normalized spacial score (nSPS) is 14.2. The van der Waals surface area contributed by atoms with E-state index in [1.165, 1.54) is 6.07 Å². The molecule has 2 atom stereocenters. The van der Waals surface area contributed by atoms with Crippen molar-refractivity contribution in [2.24, 2.45) is 10.3 Å². The predicted molar refractivity (Wildman–Crippen MR) is 165 cm³/mol. The van der Waals surface area contributed by atoms with Crippen molar-refractivity contribution in [1.29, 1.82) is 0 Å². The van der Waals surface area contributed by atoms with Gasteiger partial charge in [0.05, 0.1) is 17.9 Å².